The number of non-ortho nitro benzene ring substituents is 1. The summed E-state index contributed by atoms with van der Waals surface area (Å²) in [7, 11) is -4.09. The average Bonchev–Trinajstić information content (AvgIpc) is 2.78. The predicted octanol–water partition coefficient (Wildman–Crippen LogP) is 1.09. The summed E-state index contributed by atoms with van der Waals surface area (Å²) in [5.74, 6) is -0.418. The fourth-order valence-corrected chi connectivity index (χ4v) is 4.51. The first-order chi connectivity index (χ1) is 14.3. The number of hydrogen-bond donors (Lipinski definition) is 0. The summed E-state index contributed by atoms with van der Waals surface area (Å²) in [5, 5.41) is 10.9. The zero-order valence-corrected chi connectivity index (χ0v) is 16.8. The van der Waals surface area contributed by atoms with E-state index < -0.39 is 27.4 Å². The number of nitro benzene ring substituents is 1. The maximum atomic E-state index is 13.2. The lowest BCUT2D eigenvalue weighted by Gasteiger charge is -2.34. The van der Waals surface area contributed by atoms with Crippen LogP contribution in [0.3, 0.4) is 0 Å². The van der Waals surface area contributed by atoms with Crippen LogP contribution in [0.5, 0.6) is 0 Å². The largest absolute Gasteiger partial charge is 0.342 e. The molecule has 1 fully saturated rings. The van der Waals surface area contributed by atoms with Gasteiger partial charge in [-0.2, -0.15) is 0 Å². The third kappa shape index (κ3) is 4.57. The van der Waals surface area contributed by atoms with E-state index in [-0.39, 0.29) is 16.3 Å². The smallest absolute Gasteiger partial charge is 0.269 e. The number of piperazine rings is 1. The van der Waals surface area contributed by atoms with Crippen molar-refractivity contribution < 1.29 is 22.9 Å². The van der Waals surface area contributed by atoms with Crippen molar-refractivity contribution in [2.75, 3.05) is 37.0 Å². The van der Waals surface area contributed by atoms with Crippen LogP contribution in [0, 0.1) is 10.1 Å². The fraction of sp³-hybridized carbons (Fsp3) is 0.263. The lowest BCUT2D eigenvalue weighted by atomic mass is 10.2. The van der Waals surface area contributed by atoms with Crippen LogP contribution < -0.4 is 4.31 Å². The summed E-state index contributed by atoms with van der Waals surface area (Å²) < 4.78 is 27.4. The minimum absolute atomic E-state index is 0.00178. The molecule has 11 heteroatoms. The van der Waals surface area contributed by atoms with Crippen molar-refractivity contribution in [3.8, 4) is 0 Å². The van der Waals surface area contributed by atoms with E-state index in [1.54, 1.807) is 23.1 Å². The van der Waals surface area contributed by atoms with E-state index in [9.17, 15) is 28.1 Å². The first kappa shape index (κ1) is 21.2. The molecule has 1 aliphatic heterocycles. The van der Waals surface area contributed by atoms with E-state index >= 15 is 0 Å². The van der Waals surface area contributed by atoms with Gasteiger partial charge in [-0.05, 0) is 24.3 Å². The predicted molar refractivity (Wildman–Crippen MR) is 108 cm³/mol. The quantitative estimate of drug-likeness (QED) is 0.367. The van der Waals surface area contributed by atoms with E-state index in [1.807, 2.05) is 0 Å². The highest BCUT2D eigenvalue weighted by Crippen LogP contribution is 2.26. The Kier molecular flexibility index (Phi) is 6.31. The van der Waals surface area contributed by atoms with Gasteiger partial charge in [0.2, 0.25) is 12.3 Å². The van der Waals surface area contributed by atoms with E-state index in [4.69, 9.17) is 0 Å². The third-order valence-electron chi connectivity index (χ3n) is 4.77. The summed E-state index contributed by atoms with van der Waals surface area (Å²) in [6, 6.07) is 12.6. The molecule has 0 aromatic heterocycles. The zero-order valence-electron chi connectivity index (χ0n) is 16.0. The second kappa shape index (κ2) is 8.91. The van der Waals surface area contributed by atoms with Gasteiger partial charge in [0.05, 0.1) is 15.5 Å². The summed E-state index contributed by atoms with van der Waals surface area (Å²) >= 11 is 0. The molecule has 0 unspecified atom stereocenters. The number of nitrogens with zero attached hydrogens (tertiary/aromatic N) is 4. The van der Waals surface area contributed by atoms with Crippen molar-refractivity contribution in [1.29, 1.82) is 0 Å². The molecule has 3 rings (SSSR count). The number of hydrogen-bond acceptors (Lipinski definition) is 6. The SMILES string of the molecule is O=CN1CCN(C(=O)CN(c2ccc([N+](=O)[O-])cc2)S(=O)(=O)c2ccccc2)CC1. The molecule has 2 aromatic carbocycles. The van der Waals surface area contributed by atoms with Crippen LogP contribution in [0.15, 0.2) is 59.5 Å². The monoisotopic (exact) mass is 432 g/mol. The number of anilines is 1. The number of amides is 2. The van der Waals surface area contributed by atoms with Crippen molar-refractivity contribution in [3.63, 3.8) is 0 Å². The lowest BCUT2D eigenvalue weighted by molar-refractivity contribution is -0.384. The second-order valence-corrected chi connectivity index (χ2v) is 8.48. The molecular weight excluding hydrogens is 412 g/mol. The molecule has 0 spiro atoms. The van der Waals surface area contributed by atoms with Gasteiger partial charge in [-0.15, -0.1) is 0 Å². The standard InChI is InChI=1S/C19H20N4O6S/c24-15-20-10-12-21(13-11-20)19(25)14-22(16-6-8-17(9-7-16)23(26)27)30(28,29)18-4-2-1-3-5-18/h1-9,15H,10-14H2. The van der Waals surface area contributed by atoms with Crippen molar-refractivity contribution in [3.05, 3.63) is 64.7 Å². The van der Waals surface area contributed by atoms with Crippen molar-refractivity contribution in [2.24, 2.45) is 0 Å². The molecule has 0 N–H and O–H groups in total. The second-order valence-electron chi connectivity index (χ2n) is 6.62. The maximum absolute atomic E-state index is 13.2. The Hall–Kier alpha value is -3.47. The van der Waals surface area contributed by atoms with Crippen molar-refractivity contribution in [1.82, 2.24) is 9.80 Å². The van der Waals surface area contributed by atoms with E-state index in [2.05, 4.69) is 0 Å². The molecule has 30 heavy (non-hydrogen) atoms. The first-order valence-electron chi connectivity index (χ1n) is 9.12. The molecule has 0 aliphatic carbocycles. The summed E-state index contributed by atoms with van der Waals surface area (Å²) in [5.41, 5.74) is -0.0450. The molecule has 2 amide bonds. The van der Waals surface area contributed by atoms with Crippen LogP contribution in [-0.4, -0.2) is 68.2 Å². The van der Waals surface area contributed by atoms with Crippen LogP contribution in [0.25, 0.3) is 0 Å². The van der Waals surface area contributed by atoms with Crippen LogP contribution in [0.4, 0.5) is 11.4 Å². The van der Waals surface area contributed by atoms with Gasteiger partial charge in [0.25, 0.3) is 15.7 Å². The number of benzene rings is 2. The Morgan fingerprint density at radius 3 is 2.17 bits per heavy atom. The molecule has 0 radical (unpaired) electrons. The number of carbonyl (C=O) groups is 2. The van der Waals surface area contributed by atoms with Gasteiger partial charge in [0, 0.05) is 38.3 Å². The highest BCUT2D eigenvalue weighted by Gasteiger charge is 2.30. The molecule has 1 saturated heterocycles. The van der Waals surface area contributed by atoms with Crippen LogP contribution in [0.1, 0.15) is 0 Å². The van der Waals surface area contributed by atoms with Crippen molar-refractivity contribution >= 4 is 33.7 Å². The first-order valence-corrected chi connectivity index (χ1v) is 10.6. The number of sulfonamides is 1. The summed E-state index contributed by atoms with van der Waals surface area (Å²) in [6.45, 7) is 0.890. The van der Waals surface area contributed by atoms with E-state index in [1.165, 1.54) is 41.3 Å². The zero-order chi connectivity index (χ0) is 21.7. The Labute approximate surface area is 173 Å². The van der Waals surface area contributed by atoms with E-state index in [0.29, 0.717) is 32.6 Å². The highest BCUT2D eigenvalue weighted by atomic mass is 32.2. The Bertz CT molecular complexity index is 1020. The van der Waals surface area contributed by atoms with Gasteiger partial charge in [0.1, 0.15) is 6.54 Å². The van der Waals surface area contributed by atoms with Gasteiger partial charge in [0.15, 0.2) is 0 Å². The molecule has 0 bridgehead atoms. The minimum Gasteiger partial charge on any atom is -0.342 e. The molecule has 10 nitrogen and oxygen atoms in total. The van der Waals surface area contributed by atoms with Crippen LogP contribution in [-0.2, 0) is 19.6 Å². The molecule has 1 heterocycles. The Morgan fingerprint density at radius 1 is 1.03 bits per heavy atom. The topological polar surface area (TPSA) is 121 Å². The van der Waals surface area contributed by atoms with Gasteiger partial charge in [-0.3, -0.25) is 24.0 Å². The van der Waals surface area contributed by atoms with Gasteiger partial charge >= 0.3 is 0 Å². The molecule has 0 saturated carbocycles. The average molecular weight is 432 g/mol. The Balaban J connectivity index is 1.90. The Morgan fingerprint density at radius 2 is 1.63 bits per heavy atom. The van der Waals surface area contributed by atoms with E-state index in [0.717, 1.165) is 4.31 Å². The number of carbonyl (C=O) groups excluding carboxylic acids is 2. The normalized spacial score (nSPS) is 14.3. The molecule has 0 atom stereocenters. The van der Waals surface area contributed by atoms with Crippen LogP contribution >= 0.6 is 0 Å². The highest BCUT2D eigenvalue weighted by molar-refractivity contribution is 7.92. The number of nitro groups is 1. The van der Waals surface area contributed by atoms with Gasteiger partial charge in [-0.1, -0.05) is 18.2 Å². The third-order valence-corrected chi connectivity index (χ3v) is 6.56. The van der Waals surface area contributed by atoms with Gasteiger partial charge in [-0.25, -0.2) is 8.42 Å². The van der Waals surface area contributed by atoms with Crippen LogP contribution in [0.2, 0.25) is 0 Å². The summed E-state index contributed by atoms with van der Waals surface area (Å²) in [4.78, 5) is 37.1. The maximum Gasteiger partial charge on any atom is 0.269 e. The molecule has 2 aromatic rings. The molecule has 1 aliphatic rings. The fourth-order valence-electron chi connectivity index (χ4n) is 3.07. The van der Waals surface area contributed by atoms with Crippen molar-refractivity contribution in [2.45, 2.75) is 4.90 Å². The van der Waals surface area contributed by atoms with Gasteiger partial charge < -0.3 is 9.80 Å². The number of rotatable bonds is 7. The molecular formula is C19H20N4O6S. The lowest BCUT2D eigenvalue weighted by Crippen LogP contribution is -2.51. The summed E-state index contributed by atoms with van der Waals surface area (Å²) in [6.07, 6.45) is 0.713. The minimum atomic E-state index is -4.09. The molecule has 158 valence electrons.